The van der Waals surface area contributed by atoms with Crippen LogP contribution in [0.25, 0.3) is 5.95 Å². The van der Waals surface area contributed by atoms with Gasteiger partial charge in [-0.1, -0.05) is 6.92 Å². The number of nitrogens with two attached hydrogens (primary N) is 1. The van der Waals surface area contributed by atoms with Crippen molar-refractivity contribution in [1.82, 2.24) is 29.7 Å². The van der Waals surface area contributed by atoms with Crippen LogP contribution in [0.15, 0.2) is 12.7 Å². The van der Waals surface area contributed by atoms with Crippen molar-refractivity contribution in [3.63, 3.8) is 0 Å². The Morgan fingerprint density at radius 3 is 2.70 bits per heavy atom. The molecule has 0 bridgehead atoms. The second kappa shape index (κ2) is 6.24. The highest BCUT2D eigenvalue weighted by atomic mass is 15.4. The van der Waals surface area contributed by atoms with Gasteiger partial charge in [-0.3, -0.25) is 5.43 Å². The van der Waals surface area contributed by atoms with Crippen LogP contribution in [0, 0.1) is 0 Å². The molecule has 1 atom stereocenters. The number of nitrogen functional groups attached to an aromatic ring is 1. The predicted molar refractivity (Wildman–Crippen MR) is 75.3 cm³/mol. The zero-order valence-electron chi connectivity index (χ0n) is 11.9. The zero-order chi connectivity index (χ0) is 14.5. The van der Waals surface area contributed by atoms with Gasteiger partial charge in [0.15, 0.2) is 0 Å². The van der Waals surface area contributed by atoms with Gasteiger partial charge < -0.3 is 4.90 Å². The van der Waals surface area contributed by atoms with Gasteiger partial charge in [0.05, 0.1) is 0 Å². The quantitative estimate of drug-likeness (QED) is 0.575. The molecule has 0 saturated carbocycles. The number of hydrazine groups is 1. The summed E-state index contributed by atoms with van der Waals surface area (Å²) < 4.78 is 1.47. The fourth-order valence-electron chi connectivity index (χ4n) is 1.83. The minimum atomic E-state index is 0.294. The van der Waals surface area contributed by atoms with Crippen LogP contribution < -0.4 is 16.2 Å². The molecule has 9 heteroatoms. The minimum absolute atomic E-state index is 0.294. The van der Waals surface area contributed by atoms with Crippen LogP contribution >= 0.6 is 0 Å². The lowest BCUT2D eigenvalue weighted by atomic mass is 10.2. The Balaban J connectivity index is 2.44. The molecule has 2 aromatic heterocycles. The Bertz CT molecular complexity index is 539. The molecule has 2 rings (SSSR count). The molecule has 0 spiro atoms. The average molecular weight is 277 g/mol. The van der Waals surface area contributed by atoms with Gasteiger partial charge >= 0.3 is 0 Å². The van der Waals surface area contributed by atoms with Crippen LogP contribution in [-0.4, -0.2) is 42.3 Å². The summed E-state index contributed by atoms with van der Waals surface area (Å²) in [5.41, 5.74) is 2.46. The van der Waals surface area contributed by atoms with Crippen LogP contribution in [0.4, 0.5) is 11.9 Å². The summed E-state index contributed by atoms with van der Waals surface area (Å²) in [5.74, 6) is 6.66. The van der Waals surface area contributed by atoms with E-state index in [2.05, 4.69) is 56.1 Å². The van der Waals surface area contributed by atoms with Crippen LogP contribution in [-0.2, 0) is 0 Å². The highest BCUT2D eigenvalue weighted by Gasteiger charge is 2.17. The van der Waals surface area contributed by atoms with E-state index in [4.69, 9.17) is 5.84 Å². The van der Waals surface area contributed by atoms with Crippen molar-refractivity contribution in [2.75, 3.05) is 16.9 Å². The molecule has 1 unspecified atom stereocenters. The SMILES string of the molecule is CCC(C)N(CC)c1nc(NN)nc(-n2cncn2)n1. The summed E-state index contributed by atoms with van der Waals surface area (Å²) in [4.78, 5) is 18.9. The highest BCUT2D eigenvalue weighted by molar-refractivity contribution is 5.40. The third kappa shape index (κ3) is 2.82. The first-order chi connectivity index (χ1) is 9.69. The maximum absolute atomic E-state index is 5.42. The first kappa shape index (κ1) is 14.1. The minimum Gasteiger partial charge on any atom is -0.338 e. The van der Waals surface area contributed by atoms with Gasteiger partial charge in [0.25, 0.3) is 5.95 Å². The standard InChI is InChI=1S/C11H19N9/c1-4-8(3)19(5-2)10-15-9(18-12)16-11(17-10)20-7-13-6-14-20/h6-8H,4-5,12H2,1-3H3,(H,15,16,17,18). The predicted octanol–water partition coefficient (Wildman–Crippen LogP) is 0.363. The Morgan fingerprint density at radius 2 is 2.15 bits per heavy atom. The normalized spacial score (nSPS) is 12.2. The van der Waals surface area contributed by atoms with Gasteiger partial charge in [-0.15, -0.1) is 0 Å². The second-order valence-electron chi connectivity index (χ2n) is 4.29. The monoisotopic (exact) mass is 277 g/mol. The molecule has 0 aromatic carbocycles. The van der Waals surface area contributed by atoms with E-state index in [1.807, 2.05) is 0 Å². The number of nitrogens with zero attached hydrogens (tertiary/aromatic N) is 7. The van der Waals surface area contributed by atoms with Gasteiger partial charge in [0.2, 0.25) is 11.9 Å². The summed E-state index contributed by atoms with van der Waals surface area (Å²) in [6, 6.07) is 0.316. The third-order valence-corrected chi connectivity index (χ3v) is 3.09. The van der Waals surface area contributed by atoms with E-state index in [9.17, 15) is 0 Å². The third-order valence-electron chi connectivity index (χ3n) is 3.09. The van der Waals surface area contributed by atoms with Gasteiger partial charge in [-0.05, 0) is 20.3 Å². The maximum Gasteiger partial charge on any atom is 0.258 e. The van der Waals surface area contributed by atoms with Crippen molar-refractivity contribution >= 4 is 11.9 Å². The molecule has 3 N–H and O–H groups in total. The summed E-state index contributed by atoms with van der Waals surface area (Å²) in [6.07, 6.45) is 3.94. The van der Waals surface area contributed by atoms with Crippen molar-refractivity contribution in [2.24, 2.45) is 5.84 Å². The van der Waals surface area contributed by atoms with Gasteiger partial charge in [-0.2, -0.15) is 24.7 Å². The van der Waals surface area contributed by atoms with E-state index < -0.39 is 0 Å². The summed E-state index contributed by atoms with van der Waals surface area (Å²) in [6.45, 7) is 7.09. The lowest BCUT2D eigenvalue weighted by Gasteiger charge is -2.27. The molecule has 0 radical (unpaired) electrons. The Labute approximate surface area is 117 Å². The zero-order valence-corrected chi connectivity index (χ0v) is 11.9. The number of hydrogen-bond acceptors (Lipinski definition) is 8. The number of rotatable bonds is 6. The molecule has 2 aromatic rings. The molecule has 2 heterocycles. The summed E-state index contributed by atoms with van der Waals surface area (Å²) in [5, 5.41) is 4.02. The summed E-state index contributed by atoms with van der Waals surface area (Å²) >= 11 is 0. The molecule has 0 amide bonds. The molecular weight excluding hydrogens is 258 g/mol. The second-order valence-corrected chi connectivity index (χ2v) is 4.29. The maximum atomic E-state index is 5.42. The van der Waals surface area contributed by atoms with Crippen LogP contribution in [0.3, 0.4) is 0 Å². The van der Waals surface area contributed by atoms with Crippen molar-refractivity contribution in [1.29, 1.82) is 0 Å². The molecule has 0 aliphatic carbocycles. The average Bonchev–Trinajstić information content (AvgIpc) is 3.01. The van der Waals surface area contributed by atoms with E-state index >= 15 is 0 Å². The number of hydrogen-bond donors (Lipinski definition) is 2. The topological polar surface area (TPSA) is 111 Å². The molecular formula is C11H19N9. The lowest BCUT2D eigenvalue weighted by molar-refractivity contribution is 0.610. The van der Waals surface area contributed by atoms with E-state index in [0.29, 0.717) is 23.9 Å². The van der Waals surface area contributed by atoms with E-state index in [0.717, 1.165) is 13.0 Å². The number of anilines is 2. The van der Waals surface area contributed by atoms with E-state index in [1.54, 1.807) is 0 Å². The van der Waals surface area contributed by atoms with Gasteiger partial charge in [0.1, 0.15) is 12.7 Å². The number of aromatic nitrogens is 6. The van der Waals surface area contributed by atoms with Crippen molar-refractivity contribution in [3.05, 3.63) is 12.7 Å². The molecule has 108 valence electrons. The van der Waals surface area contributed by atoms with Crippen molar-refractivity contribution in [2.45, 2.75) is 33.2 Å². The molecule has 0 aliphatic heterocycles. The van der Waals surface area contributed by atoms with Crippen LogP contribution in [0.2, 0.25) is 0 Å². The largest absolute Gasteiger partial charge is 0.338 e. The Morgan fingerprint density at radius 1 is 1.35 bits per heavy atom. The van der Waals surface area contributed by atoms with E-state index in [1.165, 1.54) is 17.3 Å². The molecule has 0 aliphatic rings. The van der Waals surface area contributed by atoms with Crippen molar-refractivity contribution in [3.8, 4) is 5.95 Å². The molecule has 20 heavy (non-hydrogen) atoms. The fourth-order valence-corrected chi connectivity index (χ4v) is 1.83. The highest BCUT2D eigenvalue weighted by Crippen LogP contribution is 2.16. The van der Waals surface area contributed by atoms with E-state index in [-0.39, 0.29) is 0 Å². The Kier molecular flexibility index (Phi) is 4.41. The lowest BCUT2D eigenvalue weighted by Crippen LogP contribution is -2.34. The smallest absolute Gasteiger partial charge is 0.258 e. The van der Waals surface area contributed by atoms with Crippen molar-refractivity contribution < 1.29 is 0 Å². The molecule has 0 saturated heterocycles. The molecule has 9 nitrogen and oxygen atoms in total. The van der Waals surface area contributed by atoms with Gasteiger partial charge in [-0.25, -0.2) is 10.8 Å². The Hall–Kier alpha value is -2.29. The first-order valence-electron chi connectivity index (χ1n) is 6.53. The molecule has 0 fully saturated rings. The summed E-state index contributed by atoms with van der Waals surface area (Å²) in [7, 11) is 0. The van der Waals surface area contributed by atoms with Crippen LogP contribution in [0.1, 0.15) is 27.2 Å². The van der Waals surface area contributed by atoms with Crippen LogP contribution in [0.5, 0.6) is 0 Å². The first-order valence-corrected chi connectivity index (χ1v) is 6.53. The number of nitrogens with one attached hydrogen (secondary N) is 1. The fraction of sp³-hybridized carbons (Fsp3) is 0.545. The van der Waals surface area contributed by atoms with Gasteiger partial charge in [0, 0.05) is 12.6 Å².